The van der Waals surface area contributed by atoms with Gasteiger partial charge in [-0.2, -0.15) is 0 Å². The number of ether oxygens (including phenoxy) is 1. The fraction of sp³-hybridized carbons (Fsp3) is 0.278. The molecule has 2 heterocycles. The molecule has 3 rings (SSSR count). The molecule has 26 heavy (non-hydrogen) atoms. The second kappa shape index (κ2) is 8.30. The Hall–Kier alpha value is -1.74. The Bertz CT molecular complexity index is 977. The first kappa shape index (κ1) is 19.0. The van der Waals surface area contributed by atoms with Crippen LogP contribution in [0, 0.1) is 0 Å². The maximum absolute atomic E-state index is 12.6. The summed E-state index contributed by atoms with van der Waals surface area (Å²) in [7, 11) is -3.59. The van der Waals surface area contributed by atoms with Gasteiger partial charge in [-0.25, -0.2) is 18.1 Å². The van der Waals surface area contributed by atoms with Crippen LogP contribution in [-0.2, 0) is 23.0 Å². The molecular formula is C18H20N2O3S3. The molecule has 0 aliphatic heterocycles. The van der Waals surface area contributed by atoms with Crippen molar-refractivity contribution in [2.24, 2.45) is 0 Å². The molecule has 0 amide bonds. The molecule has 138 valence electrons. The lowest BCUT2D eigenvalue weighted by molar-refractivity contribution is 0.336. The fourth-order valence-electron chi connectivity index (χ4n) is 2.36. The normalized spacial score (nSPS) is 11.6. The minimum Gasteiger partial charge on any atom is -0.494 e. The molecule has 0 unspecified atom stereocenters. The molecule has 2 aromatic heterocycles. The second-order valence-corrected chi connectivity index (χ2v) is 9.28. The summed E-state index contributed by atoms with van der Waals surface area (Å²) in [6.07, 6.45) is 0.868. The molecule has 0 fully saturated rings. The van der Waals surface area contributed by atoms with Gasteiger partial charge in [-0.1, -0.05) is 25.1 Å². The predicted molar refractivity (Wildman–Crippen MR) is 106 cm³/mol. The quantitative estimate of drug-likeness (QED) is 0.603. The summed E-state index contributed by atoms with van der Waals surface area (Å²) in [5.41, 5.74) is 2.67. The second-order valence-electron chi connectivity index (χ2n) is 5.52. The molecule has 0 saturated carbocycles. The van der Waals surface area contributed by atoms with Gasteiger partial charge in [-0.3, -0.25) is 0 Å². The largest absolute Gasteiger partial charge is 0.494 e. The van der Waals surface area contributed by atoms with Crippen LogP contribution in [0.15, 0.2) is 45.3 Å². The minimum absolute atomic E-state index is 0.184. The highest BCUT2D eigenvalue weighted by atomic mass is 32.2. The van der Waals surface area contributed by atoms with Crippen molar-refractivity contribution in [3.8, 4) is 16.3 Å². The van der Waals surface area contributed by atoms with Gasteiger partial charge in [0, 0.05) is 28.4 Å². The number of thiazole rings is 1. The molecule has 0 radical (unpaired) electrons. The average Bonchev–Trinajstić information content (AvgIpc) is 3.30. The molecule has 0 aliphatic rings. The summed E-state index contributed by atoms with van der Waals surface area (Å²) in [4.78, 5) is 4.51. The summed E-state index contributed by atoms with van der Waals surface area (Å²) >= 11 is 2.74. The standard InChI is InChI=1S/C18H20N2O3S3/c1-3-15-12-25-18(20-15)14-9-17(24-11-14)26(21,22)19-10-13-7-5-6-8-16(13)23-4-2/h5-9,11-12,19H,3-4,10H2,1-2H3. The molecular weight excluding hydrogens is 388 g/mol. The summed E-state index contributed by atoms with van der Waals surface area (Å²) in [5.74, 6) is 0.694. The van der Waals surface area contributed by atoms with Crippen molar-refractivity contribution in [1.82, 2.24) is 9.71 Å². The van der Waals surface area contributed by atoms with Crippen LogP contribution in [-0.4, -0.2) is 20.0 Å². The number of aromatic nitrogens is 1. The molecule has 0 aliphatic carbocycles. The predicted octanol–water partition coefficient (Wildman–Crippen LogP) is 4.31. The minimum atomic E-state index is -3.59. The maximum Gasteiger partial charge on any atom is 0.250 e. The zero-order valence-electron chi connectivity index (χ0n) is 14.6. The number of aryl methyl sites for hydroxylation is 1. The number of hydrogen-bond acceptors (Lipinski definition) is 6. The zero-order valence-corrected chi connectivity index (χ0v) is 17.0. The summed E-state index contributed by atoms with van der Waals surface area (Å²) in [6.45, 7) is 4.66. The van der Waals surface area contributed by atoms with E-state index in [2.05, 4.69) is 9.71 Å². The first-order chi connectivity index (χ1) is 12.5. The van der Waals surface area contributed by atoms with Crippen LogP contribution in [0.25, 0.3) is 10.6 Å². The summed E-state index contributed by atoms with van der Waals surface area (Å²) < 4.78 is 33.7. The molecule has 0 spiro atoms. The van der Waals surface area contributed by atoms with E-state index in [1.807, 2.05) is 48.9 Å². The maximum atomic E-state index is 12.6. The Morgan fingerprint density at radius 3 is 2.69 bits per heavy atom. The van der Waals surface area contributed by atoms with Crippen molar-refractivity contribution >= 4 is 32.7 Å². The third kappa shape index (κ3) is 4.32. The molecule has 3 aromatic rings. The van der Waals surface area contributed by atoms with Gasteiger partial charge in [0.2, 0.25) is 10.0 Å². The lowest BCUT2D eigenvalue weighted by Crippen LogP contribution is -2.22. The Kier molecular flexibility index (Phi) is 6.08. The highest BCUT2D eigenvalue weighted by molar-refractivity contribution is 7.91. The van der Waals surface area contributed by atoms with Gasteiger partial charge in [0.05, 0.1) is 12.3 Å². The van der Waals surface area contributed by atoms with Gasteiger partial charge in [-0.15, -0.1) is 22.7 Å². The van der Waals surface area contributed by atoms with E-state index >= 15 is 0 Å². The van der Waals surface area contributed by atoms with Crippen molar-refractivity contribution in [2.45, 2.75) is 31.0 Å². The van der Waals surface area contributed by atoms with E-state index in [4.69, 9.17) is 4.74 Å². The van der Waals surface area contributed by atoms with E-state index in [9.17, 15) is 8.42 Å². The van der Waals surface area contributed by atoms with Gasteiger partial charge in [0.1, 0.15) is 15.0 Å². The van der Waals surface area contributed by atoms with Gasteiger partial charge in [0.15, 0.2) is 0 Å². The van der Waals surface area contributed by atoms with Crippen molar-refractivity contribution < 1.29 is 13.2 Å². The number of thiophene rings is 1. The topological polar surface area (TPSA) is 68.3 Å². The van der Waals surface area contributed by atoms with Crippen LogP contribution in [0.3, 0.4) is 0 Å². The zero-order chi connectivity index (χ0) is 18.6. The Labute approximate surface area is 161 Å². The lowest BCUT2D eigenvalue weighted by atomic mass is 10.2. The number of benzene rings is 1. The molecule has 0 atom stereocenters. The smallest absolute Gasteiger partial charge is 0.250 e. The highest BCUT2D eigenvalue weighted by Gasteiger charge is 2.19. The first-order valence-corrected chi connectivity index (χ1v) is 11.5. The number of sulfonamides is 1. The monoisotopic (exact) mass is 408 g/mol. The van der Waals surface area contributed by atoms with Crippen LogP contribution in [0.1, 0.15) is 25.1 Å². The average molecular weight is 409 g/mol. The molecule has 0 bridgehead atoms. The van der Waals surface area contributed by atoms with E-state index < -0.39 is 10.0 Å². The number of para-hydroxylation sites is 1. The van der Waals surface area contributed by atoms with Crippen LogP contribution < -0.4 is 9.46 Å². The van der Waals surface area contributed by atoms with Gasteiger partial charge in [-0.05, 0) is 25.5 Å². The van der Waals surface area contributed by atoms with Crippen molar-refractivity contribution in [3.05, 3.63) is 52.3 Å². The van der Waals surface area contributed by atoms with Crippen molar-refractivity contribution in [3.63, 3.8) is 0 Å². The molecule has 8 heteroatoms. The molecule has 1 N–H and O–H groups in total. The van der Waals surface area contributed by atoms with Crippen LogP contribution in [0.5, 0.6) is 5.75 Å². The van der Waals surface area contributed by atoms with Gasteiger partial charge in [0.25, 0.3) is 0 Å². The van der Waals surface area contributed by atoms with Gasteiger partial charge < -0.3 is 4.74 Å². The Morgan fingerprint density at radius 1 is 1.15 bits per heavy atom. The highest BCUT2D eigenvalue weighted by Crippen LogP contribution is 2.31. The number of nitrogens with one attached hydrogen (secondary N) is 1. The number of rotatable bonds is 8. The van der Waals surface area contributed by atoms with E-state index in [-0.39, 0.29) is 10.8 Å². The SMILES string of the molecule is CCOc1ccccc1CNS(=O)(=O)c1cc(-c2nc(CC)cs2)cs1. The van der Waals surface area contributed by atoms with Crippen LogP contribution in [0.4, 0.5) is 0 Å². The molecule has 1 aromatic carbocycles. The fourth-order valence-corrected chi connectivity index (χ4v) is 5.54. The van der Waals surface area contributed by atoms with Gasteiger partial charge >= 0.3 is 0 Å². The summed E-state index contributed by atoms with van der Waals surface area (Å²) in [6, 6.07) is 9.11. The third-order valence-corrected chi connectivity index (χ3v) is 7.51. The Balaban J connectivity index is 1.75. The first-order valence-electron chi connectivity index (χ1n) is 8.27. The van der Waals surface area contributed by atoms with Crippen molar-refractivity contribution in [2.75, 3.05) is 6.61 Å². The molecule has 0 saturated heterocycles. The molecule has 5 nitrogen and oxygen atoms in total. The summed E-state index contributed by atoms with van der Waals surface area (Å²) in [5, 5.41) is 4.69. The number of nitrogens with zero attached hydrogens (tertiary/aromatic N) is 1. The van der Waals surface area contributed by atoms with E-state index in [1.54, 1.807) is 6.07 Å². The lowest BCUT2D eigenvalue weighted by Gasteiger charge is -2.10. The van der Waals surface area contributed by atoms with E-state index in [0.717, 1.165) is 28.2 Å². The van der Waals surface area contributed by atoms with Crippen LogP contribution >= 0.6 is 22.7 Å². The van der Waals surface area contributed by atoms with Crippen LogP contribution in [0.2, 0.25) is 0 Å². The van der Waals surface area contributed by atoms with E-state index in [1.165, 1.54) is 22.7 Å². The van der Waals surface area contributed by atoms with E-state index in [0.29, 0.717) is 12.4 Å². The Morgan fingerprint density at radius 2 is 1.96 bits per heavy atom. The third-order valence-electron chi connectivity index (χ3n) is 3.73. The number of hydrogen-bond donors (Lipinski definition) is 1. The van der Waals surface area contributed by atoms with Crippen molar-refractivity contribution in [1.29, 1.82) is 0 Å².